The van der Waals surface area contributed by atoms with Crippen LogP contribution in [0.3, 0.4) is 0 Å². The van der Waals surface area contributed by atoms with Gasteiger partial charge in [0.05, 0.1) is 11.1 Å². The fraction of sp³-hybridized carbons (Fsp3) is 0.182. The van der Waals surface area contributed by atoms with E-state index in [-0.39, 0.29) is 0 Å². The third-order valence-corrected chi connectivity index (χ3v) is 4.50. The number of hydrogen-bond donors (Lipinski definition) is 1. The average Bonchev–Trinajstić information content (AvgIpc) is 2.65. The van der Waals surface area contributed by atoms with E-state index in [1.165, 1.54) is 0 Å². The summed E-state index contributed by atoms with van der Waals surface area (Å²) in [5.41, 5.74) is 0.719. The quantitative estimate of drug-likeness (QED) is 0.933. The summed E-state index contributed by atoms with van der Waals surface area (Å²) >= 11 is 11.0. The topological polar surface area (TPSA) is 33.1 Å². The molecule has 0 aliphatic heterocycles. The van der Waals surface area contributed by atoms with Gasteiger partial charge in [-0.2, -0.15) is 0 Å². The molecule has 2 heterocycles. The molecule has 0 amide bonds. The molecule has 0 aliphatic rings. The van der Waals surface area contributed by atoms with Gasteiger partial charge in [-0.3, -0.25) is 4.98 Å². The Morgan fingerprint density at radius 1 is 1.50 bits per heavy atom. The highest BCUT2D eigenvalue weighted by Gasteiger charge is 2.14. The largest absolute Gasteiger partial charge is 0.388 e. The summed E-state index contributed by atoms with van der Waals surface area (Å²) in [5.74, 6) is 0. The van der Waals surface area contributed by atoms with Crippen molar-refractivity contribution in [1.29, 1.82) is 0 Å². The van der Waals surface area contributed by atoms with Crippen molar-refractivity contribution in [2.45, 2.75) is 12.5 Å². The molecule has 2 aromatic heterocycles. The monoisotopic (exact) mass is 317 g/mol. The van der Waals surface area contributed by atoms with E-state index in [0.717, 1.165) is 14.9 Å². The Labute approximate surface area is 111 Å². The van der Waals surface area contributed by atoms with Gasteiger partial charge < -0.3 is 5.11 Å². The highest BCUT2D eigenvalue weighted by molar-refractivity contribution is 9.10. The molecule has 0 radical (unpaired) electrons. The Morgan fingerprint density at radius 3 is 2.94 bits per heavy atom. The zero-order chi connectivity index (χ0) is 11.5. The first-order chi connectivity index (χ1) is 7.68. The maximum atomic E-state index is 10.1. The molecule has 2 rings (SSSR count). The highest BCUT2D eigenvalue weighted by Crippen LogP contribution is 2.30. The first-order valence-electron chi connectivity index (χ1n) is 4.68. The molecule has 5 heteroatoms. The fourth-order valence-electron chi connectivity index (χ4n) is 1.41. The Hall–Kier alpha value is -0.420. The third-order valence-electron chi connectivity index (χ3n) is 2.23. The van der Waals surface area contributed by atoms with E-state index in [9.17, 15) is 5.11 Å². The van der Waals surface area contributed by atoms with Gasteiger partial charge in [0.25, 0.3) is 0 Å². The first-order valence-corrected chi connectivity index (χ1v) is 6.73. The molecule has 0 spiro atoms. The van der Waals surface area contributed by atoms with E-state index in [1.807, 2.05) is 11.4 Å². The first kappa shape index (κ1) is 12.0. The van der Waals surface area contributed by atoms with E-state index in [4.69, 9.17) is 11.6 Å². The molecular formula is C11H9BrClNOS. The van der Waals surface area contributed by atoms with Gasteiger partial charge in [0, 0.05) is 33.7 Å². The van der Waals surface area contributed by atoms with Crippen LogP contribution in [0.1, 0.15) is 16.5 Å². The molecule has 0 fully saturated rings. The number of pyridine rings is 1. The van der Waals surface area contributed by atoms with E-state index < -0.39 is 6.10 Å². The van der Waals surface area contributed by atoms with Crippen molar-refractivity contribution in [2.75, 3.05) is 0 Å². The maximum absolute atomic E-state index is 10.1. The van der Waals surface area contributed by atoms with Crippen LogP contribution in [-0.2, 0) is 6.42 Å². The van der Waals surface area contributed by atoms with Gasteiger partial charge in [0.1, 0.15) is 0 Å². The standard InChI is InChI=1S/C11H9BrClNOS/c12-8-2-4-16-11(8)5-10(15)7-1-3-14-6-9(7)13/h1-4,6,10,15H,5H2. The van der Waals surface area contributed by atoms with Crippen molar-refractivity contribution in [2.24, 2.45) is 0 Å². The lowest BCUT2D eigenvalue weighted by Crippen LogP contribution is -2.02. The van der Waals surface area contributed by atoms with Crippen LogP contribution in [0.15, 0.2) is 34.4 Å². The second kappa shape index (κ2) is 5.27. The molecule has 1 N–H and O–H groups in total. The van der Waals surface area contributed by atoms with Crippen LogP contribution >= 0.6 is 38.9 Å². The smallest absolute Gasteiger partial charge is 0.0854 e. The summed E-state index contributed by atoms with van der Waals surface area (Å²) in [6, 6.07) is 3.72. The van der Waals surface area contributed by atoms with Gasteiger partial charge in [-0.15, -0.1) is 11.3 Å². The molecule has 0 aliphatic carbocycles. The zero-order valence-electron chi connectivity index (χ0n) is 8.23. The van der Waals surface area contributed by atoms with Crippen molar-refractivity contribution in [3.63, 3.8) is 0 Å². The Bertz CT molecular complexity index is 488. The summed E-state index contributed by atoms with van der Waals surface area (Å²) in [5, 5.41) is 12.6. The molecule has 16 heavy (non-hydrogen) atoms. The zero-order valence-corrected chi connectivity index (χ0v) is 11.4. The predicted molar refractivity (Wildman–Crippen MR) is 69.9 cm³/mol. The van der Waals surface area contributed by atoms with E-state index in [0.29, 0.717) is 11.4 Å². The van der Waals surface area contributed by atoms with Crippen LogP contribution in [0.4, 0.5) is 0 Å². The highest BCUT2D eigenvalue weighted by atomic mass is 79.9. The van der Waals surface area contributed by atoms with Gasteiger partial charge in [-0.25, -0.2) is 0 Å². The maximum Gasteiger partial charge on any atom is 0.0854 e. The number of aliphatic hydroxyl groups is 1. The third kappa shape index (κ3) is 2.63. The van der Waals surface area contributed by atoms with Crippen LogP contribution in [0.5, 0.6) is 0 Å². The number of halogens is 2. The minimum absolute atomic E-state index is 0.502. The number of nitrogens with zero attached hydrogens (tertiary/aromatic N) is 1. The number of thiophene rings is 1. The normalized spacial score (nSPS) is 12.7. The second-order valence-electron chi connectivity index (χ2n) is 3.31. The van der Waals surface area contributed by atoms with E-state index >= 15 is 0 Å². The second-order valence-corrected chi connectivity index (χ2v) is 5.57. The molecule has 2 aromatic rings. The van der Waals surface area contributed by atoms with Crippen molar-refractivity contribution >= 4 is 38.9 Å². The lowest BCUT2D eigenvalue weighted by Gasteiger charge is -2.11. The Kier molecular flexibility index (Phi) is 3.97. The molecular weight excluding hydrogens is 310 g/mol. The summed E-state index contributed by atoms with van der Waals surface area (Å²) in [4.78, 5) is 5.00. The van der Waals surface area contributed by atoms with Gasteiger partial charge in [0.2, 0.25) is 0 Å². The molecule has 2 nitrogen and oxygen atoms in total. The van der Waals surface area contributed by atoms with Gasteiger partial charge in [-0.05, 0) is 33.4 Å². The van der Waals surface area contributed by atoms with E-state index in [1.54, 1.807) is 29.8 Å². The fourth-order valence-corrected chi connectivity index (χ4v) is 3.21. The summed E-state index contributed by atoms with van der Waals surface area (Å²) in [7, 11) is 0. The summed E-state index contributed by atoms with van der Waals surface area (Å²) in [6.45, 7) is 0. The van der Waals surface area contributed by atoms with Gasteiger partial charge in [-0.1, -0.05) is 11.6 Å². The van der Waals surface area contributed by atoms with Crippen molar-refractivity contribution in [3.8, 4) is 0 Å². The Balaban J connectivity index is 2.18. The van der Waals surface area contributed by atoms with E-state index in [2.05, 4.69) is 20.9 Å². The molecule has 0 aromatic carbocycles. The number of rotatable bonds is 3. The van der Waals surface area contributed by atoms with Crippen LogP contribution < -0.4 is 0 Å². The lowest BCUT2D eigenvalue weighted by atomic mass is 10.1. The predicted octanol–water partition coefficient (Wildman–Crippen LogP) is 3.84. The molecule has 0 saturated heterocycles. The Morgan fingerprint density at radius 2 is 2.31 bits per heavy atom. The number of aliphatic hydroxyl groups excluding tert-OH is 1. The van der Waals surface area contributed by atoms with Crippen molar-refractivity contribution < 1.29 is 5.11 Å². The molecule has 84 valence electrons. The molecule has 0 bridgehead atoms. The number of hydrogen-bond acceptors (Lipinski definition) is 3. The van der Waals surface area contributed by atoms with Crippen molar-refractivity contribution in [1.82, 2.24) is 4.98 Å². The van der Waals surface area contributed by atoms with Crippen LogP contribution in [-0.4, -0.2) is 10.1 Å². The van der Waals surface area contributed by atoms with Crippen LogP contribution in [0.25, 0.3) is 0 Å². The SMILES string of the molecule is OC(Cc1sccc1Br)c1ccncc1Cl. The van der Waals surface area contributed by atoms with Crippen LogP contribution in [0, 0.1) is 0 Å². The van der Waals surface area contributed by atoms with Crippen molar-refractivity contribution in [3.05, 3.63) is 49.8 Å². The minimum Gasteiger partial charge on any atom is -0.388 e. The van der Waals surface area contributed by atoms with Gasteiger partial charge in [0.15, 0.2) is 0 Å². The minimum atomic E-state index is -0.592. The number of aromatic nitrogens is 1. The average molecular weight is 319 g/mol. The summed E-state index contributed by atoms with van der Waals surface area (Å²) < 4.78 is 1.03. The van der Waals surface area contributed by atoms with Crippen LogP contribution in [0.2, 0.25) is 5.02 Å². The summed E-state index contributed by atoms with van der Waals surface area (Å²) in [6.07, 6.45) is 3.14. The lowest BCUT2D eigenvalue weighted by molar-refractivity contribution is 0.179. The van der Waals surface area contributed by atoms with Gasteiger partial charge >= 0.3 is 0 Å². The molecule has 0 saturated carbocycles. The molecule has 1 unspecified atom stereocenters. The molecule has 1 atom stereocenters.